The van der Waals surface area contributed by atoms with Crippen molar-refractivity contribution >= 4 is 27.9 Å². The van der Waals surface area contributed by atoms with Crippen LogP contribution in [-0.4, -0.2) is 35.6 Å². The summed E-state index contributed by atoms with van der Waals surface area (Å²) in [5, 5.41) is 2.64. The van der Waals surface area contributed by atoms with Crippen molar-refractivity contribution in [2.24, 2.45) is 0 Å². The summed E-state index contributed by atoms with van der Waals surface area (Å²) in [5.74, 6) is 0.0662. The number of amides is 2. The van der Waals surface area contributed by atoms with Crippen molar-refractivity contribution in [1.82, 2.24) is 10.2 Å². The maximum Gasteiger partial charge on any atom is 0.407 e. The largest absolute Gasteiger partial charge is 0.444 e. The van der Waals surface area contributed by atoms with E-state index in [9.17, 15) is 9.59 Å². The molecule has 1 aromatic carbocycles. The van der Waals surface area contributed by atoms with Gasteiger partial charge in [-0.25, -0.2) is 4.79 Å². The third-order valence-corrected chi connectivity index (χ3v) is 4.36. The number of hydrogen-bond acceptors (Lipinski definition) is 3. The molecule has 1 atom stereocenters. The standard InChI is InChI=1S/C18H25BrN2O3/c1-18(2,3)24-17(23)20-11-10-16(22)21-12-4-5-15(21)13-6-8-14(19)9-7-13/h6-9,15H,4-5,10-12H2,1-3H3,(H,20,23)/t15-/m1/s1. The van der Waals surface area contributed by atoms with Crippen molar-refractivity contribution in [3.63, 3.8) is 0 Å². The van der Waals surface area contributed by atoms with E-state index in [0.29, 0.717) is 0 Å². The van der Waals surface area contributed by atoms with E-state index >= 15 is 0 Å². The summed E-state index contributed by atoms with van der Waals surface area (Å²) in [4.78, 5) is 26.0. The predicted molar refractivity (Wildman–Crippen MR) is 96.7 cm³/mol. The molecule has 2 amide bonds. The molecular weight excluding hydrogens is 372 g/mol. The van der Waals surface area contributed by atoms with Crippen LogP contribution in [0.4, 0.5) is 4.79 Å². The summed E-state index contributed by atoms with van der Waals surface area (Å²) in [6.07, 6.45) is 1.78. The van der Waals surface area contributed by atoms with Gasteiger partial charge in [-0.3, -0.25) is 4.79 Å². The second-order valence-corrected chi connectivity index (χ2v) is 7.89. The lowest BCUT2D eigenvalue weighted by molar-refractivity contribution is -0.132. The van der Waals surface area contributed by atoms with E-state index in [-0.39, 0.29) is 24.9 Å². The van der Waals surface area contributed by atoms with Gasteiger partial charge in [0.1, 0.15) is 5.60 Å². The zero-order valence-corrected chi connectivity index (χ0v) is 16.1. The highest BCUT2D eigenvalue weighted by Gasteiger charge is 2.29. The number of ether oxygens (including phenoxy) is 1. The fraction of sp³-hybridized carbons (Fsp3) is 0.556. The summed E-state index contributed by atoms with van der Waals surface area (Å²) in [7, 11) is 0. The van der Waals surface area contributed by atoms with E-state index in [1.54, 1.807) is 0 Å². The predicted octanol–water partition coefficient (Wildman–Crippen LogP) is 4.03. The molecule has 0 saturated carbocycles. The Labute approximate surface area is 151 Å². The molecule has 6 heteroatoms. The van der Waals surface area contributed by atoms with Crippen LogP contribution >= 0.6 is 15.9 Å². The van der Waals surface area contributed by atoms with Crippen LogP contribution in [0.1, 0.15) is 51.6 Å². The molecule has 1 aliphatic heterocycles. The number of carbonyl (C=O) groups is 2. The molecule has 0 aliphatic carbocycles. The second-order valence-electron chi connectivity index (χ2n) is 6.98. The summed E-state index contributed by atoms with van der Waals surface area (Å²) in [5.41, 5.74) is 0.625. The van der Waals surface area contributed by atoms with Gasteiger partial charge in [0.15, 0.2) is 0 Å². The van der Waals surface area contributed by atoms with Gasteiger partial charge in [0.05, 0.1) is 6.04 Å². The number of benzene rings is 1. The first kappa shape index (κ1) is 18.8. The van der Waals surface area contributed by atoms with Crippen LogP contribution < -0.4 is 5.32 Å². The number of alkyl carbamates (subject to hydrolysis) is 1. The topological polar surface area (TPSA) is 58.6 Å². The molecule has 24 heavy (non-hydrogen) atoms. The molecule has 0 spiro atoms. The highest BCUT2D eigenvalue weighted by atomic mass is 79.9. The van der Waals surface area contributed by atoms with E-state index < -0.39 is 11.7 Å². The molecule has 0 bridgehead atoms. The minimum atomic E-state index is -0.532. The average molecular weight is 397 g/mol. The quantitative estimate of drug-likeness (QED) is 0.835. The Kier molecular flexibility index (Phi) is 6.27. The van der Waals surface area contributed by atoms with Gasteiger partial charge in [-0.15, -0.1) is 0 Å². The third-order valence-electron chi connectivity index (χ3n) is 3.84. The third kappa shape index (κ3) is 5.51. The summed E-state index contributed by atoms with van der Waals surface area (Å²) < 4.78 is 6.20. The van der Waals surface area contributed by atoms with E-state index in [2.05, 4.69) is 33.4 Å². The maximum absolute atomic E-state index is 12.5. The van der Waals surface area contributed by atoms with Crippen LogP contribution in [0.5, 0.6) is 0 Å². The zero-order valence-electron chi connectivity index (χ0n) is 14.5. The van der Waals surface area contributed by atoms with Gasteiger partial charge in [-0.05, 0) is 51.3 Å². The lowest BCUT2D eigenvalue weighted by atomic mass is 10.0. The van der Waals surface area contributed by atoms with Crippen LogP contribution in [-0.2, 0) is 9.53 Å². The number of halogens is 1. The van der Waals surface area contributed by atoms with Gasteiger partial charge >= 0.3 is 6.09 Å². The van der Waals surface area contributed by atoms with E-state index in [4.69, 9.17) is 4.74 Å². The van der Waals surface area contributed by atoms with Gasteiger partial charge in [0.2, 0.25) is 5.91 Å². The lowest BCUT2D eigenvalue weighted by Gasteiger charge is -2.25. The van der Waals surface area contributed by atoms with Gasteiger partial charge in [-0.1, -0.05) is 28.1 Å². The van der Waals surface area contributed by atoms with Crippen LogP contribution in [0, 0.1) is 0 Å². The zero-order chi connectivity index (χ0) is 17.7. The van der Waals surface area contributed by atoms with Crippen molar-refractivity contribution in [2.75, 3.05) is 13.1 Å². The Morgan fingerprint density at radius 2 is 1.96 bits per heavy atom. The Hall–Kier alpha value is -1.56. The van der Waals surface area contributed by atoms with Crippen molar-refractivity contribution in [3.8, 4) is 0 Å². The smallest absolute Gasteiger partial charge is 0.407 e. The van der Waals surface area contributed by atoms with Crippen LogP contribution in [0.2, 0.25) is 0 Å². The monoisotopic (exact) mass is 396 g/mol. The van der Waals surface area contributed by atoms with Crippen molar-refractivity contribution in [3.05, 3.63) is 34.3 Å². The van der Waals surface area contributed by atoms with Gasteiger partial charge in [0, 0.05) is 24.0 Å². The highest BCUT2D eigenvalue weighted by Crippen LogP contribution is 2.32. The Morgan fingerprint density at radius 3 is 2.58 bits per heavy atom. The van der Waals surface area contributed by atoms with Gasteiger partial charge < -0.3 is 15.0 Å². The SMILES string of the molecule is CC(C)(C)OC(=O)NCCC(=O)N1CCC[C@@H]1c1ccc(Br)cc1. The number of nitrogens with zero attached hydrogens (tertiary/aromatic N) is 1. The normalized spacial score (nSPS) is 17.7. The summed E-state index contributed by atoms with van der Waals surface area (Å²) in [6, 6.07) is 8.24. The highest BCUT2D eigenvalue weighted by molar-refractivity contribution is 9.10. The van der Waals surface area contributed by atoms with E-state index in [1.165, 1.54) is 0 Å². The summed E-state index contributed by atoms with van der Waals surface area (Å²) in [6.45, 7) is 6.49. The first-order valence-electron chi connectivity index (χ1n) is 8.28. The molecule has 0 aromatic heterocycles. The Balaban J connectivity index is 1.85. The number of likely N-dealkylation sites (tertiary alicyclic amines) is 1. The Bertz CT molecular complexity index is 581. The molecular formula is C18H25BrN2O3. The number of carbonyl (C=O) groups excluding carboxylic acids is 2. The number of nitrogens with one attached hydrogen (secondary N) is 1. The lowest BCUT2D eigenvalue weighted by Crippen LogP contribution is -2.36. The first-order valence-corrected chi connectivity index (χ1v) is 9.07. The molecule has 5 nitrogen and oxygen atoms in total. The molecule has 0 unspecified atom stereocenters. The number of hydrogen-bond donors (Lipinski definition) is 1. The average Bonchev–Trinajstić information content (AvgIpc) is 2.95. The molecule has 0 radical (unpaired) electrons. The summed E-state index contributed by atoms with van der Waals surface area (Å²) >= 11 is 3.43. The van der Waals surface area contributed by atoms with E-state index in [0.717, 1.165) is 29.4 Å². The first-order chi connectivity index (χ1) is 11.3. The van der Waals surface area contributed by atoms with Crippen LogP contribution in [0.15, 0.2) is 28.7 Å². The fourth-order valence-corrected chi connectivity index (χ4v) is 3.09. The molecule has 1 aliphatic rings. The number of rotatable bonds is 4. The van der Waals surface area contributed by atoms with Gasteiger partial charge in [0.25, 0.3) is 0 Å². The van der Waals surface area contributed by atoms with Crippen molar-refractivity contribution < 1.29 is 14.3 Å². The minimum Gasteiger partial charge on any atom is -0.444 e. The second kappa shape index (κ2) is 8.01. The molecule has 1 heterocycles. The molecule has 2 rings (SSSR count). The maximum atomic E-state index is 12.5. The molecule has 1 saturated heterocycles. The van der Waals surface area contributed by atoms with Crippen molar-refractivity contribution in [2.45, 2.75) is 51.7 Å². The fourth-order valence-electron chi connectivity index (χ4n) is 2.83. The molecule has 1 N–H and O–H groups in total. The molecule has 1 fully saturated rings. The molecule has 132 valence electrons. The van der Waals surface area contributed by atoms with Crippen LogP contribution in [0.3, 0.4) is 0 Å². The Morgan fingerprint density at radius 1 is 1.29 bits per heavy atom. The van der Waals surface area contributed by atoms with Crippen molar-refractivity contribution in [1.29, 1.82) is 0 Å². The molecule has 1 aromatic rings. The minimum absolute atomic E-state index is 0.0662. The van der Waals surface area contributed by atoms with Crippen LogP contribution in [0.25, 0.3) is 0 Å². The van der Waals surface area contributed by atoms with Gasteiger partial charge in [-0.2, -0.15) is 0 Å². The van der Waals surface area contributed by atoms with E-state index in [1.807, 2.05) is 37.8 Å².